The molecule has 1 aliphatic heterocycles. The second-order valence-corrected chi connectivity index (χ2v) is 7.49. The first kappa shape index (κ1) is 20.7. The lowest BCUT2D eigenvalue weighted by atomic mass is 10.0. The molecule has 2 aromatic carbocycles. The van der Waals surface area contributed by atoms with Crippen molar-refractivity contribution in [3.05, 3.63) is 71.4 Å². The van der Waals surface area contributed by atoms with E-state index in [-0.39, 0.29) is 5.69 Å². The molecule has 0 spiro atoms. The van der Waals surface area contributed by atoms with Crippen molar-refractivity contribution in [1.29, 1.82) is 0 Å². The van der Waals surface area contributed by atoms with Gasteiger partial charge in [-0.05, 0) is 24.6 Å². The highest BCUT2D eigenvalue weighted by Crippen LogP contribution is 2.27. The minimum Gasteiger partial charge on any atom is -0.379 e. The predicted molar refractivity (Wildman–Crippen MR) is 113 cm³/mol. The van der Waals surface area contributed by atoms with Crippen molar-refractivity contribution >= 4 is 0 Å². The van der Waals surface area contributed by atoms with E-state index in [1.807, 2.05) is 37.4 Å². The van der Waals surface area contributed by atoms with Gasteiger partial charge >= 0.3 is 0 Å². The van der Waals surface area contributed by atoms with Gasteiger partial charge in [0.1, 0.15) is 11.5 Å². The normalized spacial score (nSPS) is 14.9. The molecule has 7 heteroatoms. The Bertz CT molecular complexity index is 999. The van der Waals surface area contributed by atoms with Gasteiger partial charge in [0.25, 0.3) is 0 Å². The maximum atomic E-state index is 14.3. The van der Waals surface area contributed by atoms with Crippen LogP contribution >= 0.6 is 0 Å². The van der Waals surface area contributed by atoms with E-state index in [4.69, 9.17) is 4.74 Å². The van der Waals surface area contributed by atoms with Gasteiger partial charge in [-0.3, -0.25) is 4.90 Å². The van der Waals surface area contributed by atoms with Crippen molar-refractivity contribution in [3.8, 4) is 16.9 Å². The predicted octanol–water partition coefficient (Wildman–Crippen LogP) is 3.55. The number of morpholine rings is 1. The zero-order chi connectivity index (χ0) is 20.9. The van der Waals surface area contributed by atoms with Gasteiger partial charge in [-0.2, -0.15) is 5.10 Å². The quantitative estimate of drug-likeness (QED) is 0.603. The Kier molecular flexibility index (Phi) is 6.52. The van der Waals surface area contributed by atoms with Gasteiger partial charge in [-0.1, -0.05) is 24.3 Å². The van der Waals surface area contributed by atoms with Crippen LogP contribution in [0.4, 0.5) is 8.78 Å². The molecule has 0 saturated carbocycles. The van der Waals surface area contributed by atoms with Crippen molar-refractivity contribution < 1.29 is 13.5 Å². The van der Waals surface area contributed by atoms with Crippen LogP contribution in [0.3, 0.4) is 0 Å². The lowest BCUT2D eigenvalue weighted by molar-refractivity contribution is 0.0384. The smallest absolute Gasteiger partial charge is 0.151 e. The minimum atomic E-state index is -0.638. The third-order valence-corrected chi connectivity index (χ3v) is 5.37. The number of nitrogens with zero attached hydrogens (tertiary/aromatic N) is 3. The van der Waals surface area contributed by atoms with Crippen LogP contribution in [0, 0.1) is 18.6 Å². The van der Waals surface area contributed by atoms with Gasteiger partial charge in [-0.25, -0.2) is 13.5 Å². The molecule has 3 aromatic rings. The lowest BCUT2D eigenvalue weighted by Gasteiger charge is -2.26. The van der Waals surface area contributed by atoms with Crippen LogP contribution in [0.25, 0.3) is 16.9 Å². The van der Waals surface area contributed by atoms with Crippen LogP contribution in [-0.4, -0.2) is 54.1 Å². The molecule has 30 heavy (non-hydrogen) atoms. The number of benzene rings is 2. The van der Waals surface area contributed by atoms with E-state index in [9.17, 15) is 8.78 Å². The van der Waals surface area contributed by atoms with E-state index in [2.05, 4.69) is 15.3 Å². The number of nitrogens with one attached hydrogen (secondary N) is 1. The molecule has 0 unspecified atom stereocenters. The number of halogens is 2. The fourth-order valence-electron chi connectivity index (χ4n) is 3.68. The maximum absolute atomic E-state index is 14.3. The molecular weight excluding hydrogens is 386 g/mol. The summed E-state index contributed by atoms with van der Waals surface area (Å²) in [6, 6.07) is 11.5. The van der Waals surface area contributed by atoms with Gasteiger partial charge in [-0.15, -0.1) is 0 Å². The summed E-state index contributed by atoms with van der Waals surface area (Å²) in [5.41, 5.74) is 4.09. The molecular formula is C23H26F2N4O. The standard InChI is InChI=1S/C23H26F2N4O/c1-17-4-2-3-5-20(17)23-18(15-26-8-9-28-10-12-30-13-11-28)16-29(27-23)22-7-6-19(24)14-21(22)25/h2-7,14,16,26H,8-13,15H2,1H3. The van der Waals surface area contributed by atoms with E-state index in [0.717, 1.165) is 67.8 Å². The molecule has 1 aliphatic rings. The zero-order valence-corrected chi connectivity index (χ0v) is 17.1. The van der Waals surface area contributed by atoms with Gasteiger partial charge in [0, 0.05) is 56.1 Å². The summed E-state index contributed by atoms with van der Waals surface area (Å²) < 4.78 is 34.6. The fourth-order valence-corrected chi connectivity index (χ4v) is 3.68. The van der Waals surface area contributed by atoms with E-state index in [0.29, 0.717) is 6.54 Å². The first-order valence-electron chi connectivity index (χ1n) is 10.2. The van der Waals surface area contributed by atoms with Crippen molar-refractivity contribution in [2.75, 3.05) is 39.4 Å². The fraction of sp³-hybridized carbons (Fsp3) is 0.348. The van der Waals surface area contributed by atoms with Crippen molar-refractivity contribution in [1.82, 2.24) is 20.0 Å². The molecule has 0 bridgehead atoms. The molecule has 0 atom stereocenters. The van der Waals surface area contributed by atoms with Crippen molar-refractivity contribution in [3.63, 3.8) is 0 Å². The number of aryl methyl sites for hydroxylation is 1. The van der Waals surface area contributed by atoms with E-state index in [1.54, 1.807) is 0 Å². The molecule has 158 valence electrons. The monoisotopic (exact) mass is 412 g/mol. The average Bonchev–Trinajstić information content (AvgIpc) is 3.16. The van der Waals surface area contributed by atoms with Crippen molar-refractivity contribution in [2.45, 2.75) is 13.5 Å². The summed E-state index contributed by atoms with van der Waals surface area (Å²) >= 11 is 0. The molecule has 0 radical (unpaired) electrons. The number of aromatic nitrogens is 2. The second-order valence-electron chi connectivity index (χ2n) is 7.49. The van der Waals surface area contributed by atoms with E-state index >= 15 is 0 Å². The van der Waals surface area contributed by atoms with Crippen LogP contribution < -0.4 is 5.32 Å². The van der Waals surface area contributed by atoms with Crippen LogP contribution in [0.2, 0.25) is 0 Å². The Labute approximate surface area is 175 Å². The summed E-state index contributed by atoms with van der Waals surface area (Å²) in [7, 11) is 0. The van der Waals surface area contributed by atoms with Gasteiger partial charge in [0.15, 0.2) is 5.82 Å². The molecule has 4 rings (SSSR count). The Morgan fingerprint density at radius 3 is 2.67 bits per heavy atom. The van der Waals surface area contributed by atoms with E-state index in [1.165, 1.54) is 16.8 Å². The molecule has 5 nitrogen and oxygen atoms in total. The summed E-state index contributed by atoms with van der Waals surface area (Å²) in [5.74, 6) is -1.24. The van der Waals surface area contributed by atoms with Crippen LogP contribution in [0.1, 0.15) is 11.1 Å². The summed E-state index contributed by atoms with van der Waals surface area (Å²) in [4.78, 5) is 2.37. The largest absolute Gasteiger partial charge is 0.379 e. The third-order valence-electron chi connectivity index (χ3n) is 5.37. The zero-order valence-electron chi connectivity index (χ0n) is 17.1. The molecule has 2 heterocycles. The molecule has 1 N–H and O–H groups in total. The number of hydrogen-bond donors (Lipinski definition) is 1. The Balaban J connectivity index is 1.56. The molecule has 1 aromatic heterocycles. The van der Waals surface area contributed by atoms with Crippen LogP contribution in [0.5, 0.6) is 0 Å². The molecule has 1 saturated heterocycles. The van der Waals surface area contributed by atoms with Crippen LogP contribution in [-0.2, 0) is 11.3 Å². The van der Waals surface area contributed by atoms with Gasteiger partial charge in [0.05, 0.1) is 18.9 Å². The summed E-state index contributed by atoms with van der Waals surface area (Å²) in [5, 5.41) is 8.14. The maximum Gasteiger partial charge on any atom is 0.151 e. The highest BCUT2D eigenvalue weighted by atomic mass is 19.1. The van der Waals surface area contributed by atoms with Gasteiger partial charge in [0.2, 0.25) is 0 Å². The Morgan fingerprint density at radius 1 is 1.10 bits per heavy atom. The second kappa shape index (κ2) is 9.47. The van der Waals surface area contributed by atoms with Crippen molar-refractivity contribution in [2.24, 2.45) is 0 Å². The highest BCUT2D eigenvalue weighted by molar-refractivity contribution is 5.66. The van der Waals surface area contributed by atoms with Crippen LogP contribution in [0.15, 0.2) is 48.7 Å². The Hall–Kier alpha value is -2.61. The first-order valence-corrected chi connectivity index (χ1v) is 10.2. The topological polar surface area (TPSA) is 42.3 Å². The number of hydrogen-bond acceptors (Lipinski definition) is 4. The average molecular weight is 412 g/mol. The highest BCUT2D eigenvalue weighted by Gasteiger charge is 2.16. The summed E-state index contributed by atoms with van der Waals surface area (Å²) in [6.45, 7) is 7.91. The first-order chi connectivity index (χ1) is 14.6. The van der Waals surface area contributed by atoms with Gasteiger partial charge < -0.3 is 10.1 Å². The lowest BCUT2D eigenvalue weighted by Crippen LogP contribution is -2.40. The summed E-state index contributed by atoms with van der Waals surface area (Å²) in [6.07, 6.45) is 1.82. The SMILES string of the molecule is Cc1ccccc1-c1nn(-c2ccc(F)cc2F)cc1CNCCN1CCOCC1. The molecule has 0 amide bonds. The molecule has 0 aliphatic carbocycles. The third kappa shape index (κ3) is 4.75. The number of rotatable bonds is 7. The Morgan fingerprint density at radius 2 is 1.90 bits per heavy atom. The van der Waals surface area contributed by atoms with E-state index < -0.39 is 11.6 Å². The molecule has 1 fully saturated rings. The number of ether oxygens (including phenoxy) is 1. The minimum absolute atomic E-state index is 0.228.